The van der Waals surface area contributed by atoms with Crippen molar-refractivity contribution in [2.24, 2.45) is 4.99 Å². The zero-order valence-electron chi connectivity index (χ0n) is 15.3. The summed E-state index contributed by atoms with van der Waals surface area (Å²) in [6.45, 7) is 5.07. The Morgan fingerprint density at radius 1 is 1.32 bits per heavy atom. The molecule has 1 amide bonds. The average Bonchev–Trinajstić information content (AvgIpc) is 3.16. The van der Waals surface area contributed by atoms with Gasteiger partial charge in [-0.1, -0.05) is 25.5 Å². The molecule has 138 valence electrons. The van der Waals surface area contributed by atoms with Gasteiger partial charge in [0.25, 0.3) is 5.91 Å². The summed E-state index contributed by atoms with van der Waals surface area (Å²) < 4.78 is 5.54. The van der Waals surface area contributed by atoms with Crippen molar-refractivity contribution in [1.29, 1.82) is 0 Å². The lowest BCUT2D eigenvalue weighted by Gasteiger charge is -2.13. The van der Waals surface area contributed by atoms with E-state index in [1.165, 1.54) is 0 Å². The molecule has 25 heavy (non-hydrogen) atoms. The van der Waals surface area contributed by atoms with Gasteiger partial charge < -0.3 is 20.7 Å². The van der Waals surface area contributed by atoms with Crippen LogP contribution in [0.5, 0.6) is 0 Å². The Labute approximate surface area is 150 Å². The van der Waals surface area contributed by atoms with Crippen molar-refractivity contribution >= 4 is 11.9 Å². The standard InChI is InChI=1S/C19H30N4O2/c1-3-4-10-21-19(20-2)23-13-15-7-5-8-16(12-15)18(24)22-14-17-9-6-11-25-17/h5,7-8,12,17H,3-4,6,9-11,13-14H2,1-2H3,(H,22,24)(H2,20,21,23). The molecule has 0 bridgehead atoms. The number of nitrogens with zero attached hydrogens (tertiary/aromatic N) is 1. The molecule has 6 nitrogen and oxygen atoms in total. The number of rotatable bonds is 8. The highest BCUT2D eigenvalue weighted by Crippen LogP contribution is 2.11. The molecule has 1 heterocycles. The maximum absolute atomic E-state index is 12.3. The molecule has 0 radical (unpaired) electrons. The van der Waals surface area contributed by atoms with Gasteiger partial charge in [0.15, 0.2) is 5.96 Å². The Kier molecular flexibility index (Phi) is 8.25. The minimum Gasteiger partial charge on any atom is -0.376 e. The van der Waals surface area contributed by atoms with Crippen molar-refractivity contribution in [1.82, 2.24) is 16.0 Å². The third kappa shape index (κ3) is 6.74. The number of hydrogen-bond donors (Lipinski definition) is 3. The summed E-state index contributed by atoms with van der Waals surface area (Å²) in [7, 11) is 1.76. The zero-order valence-corrected chi connectivity index (χ0v) is 15.3. The van der Waals surface area contributed by atoms with E-state index < -0.39 is 0 Å². The predicted molar refractivity (Wildman–Crippen MR) is 101 cm³/mol. The van der Waals surface area contributed by atoms with Gasteiger partial charge in [0.05, 0.1) is 6.10 Å². The number of benzene rings is 1. The molecule has 0 saturated carbocycles. The number of unbranched alkanes of at least 4 members (excludes halogenated alkanes) is 1. The van der Waals surface area contributed by atoms with Crippen molar-refractivity contribution < 1.29 is 9.53 Å². The number of guanidine groups is 1. The van der Waals surface area contributed by atoms with Gasteiger partial charge in [0.1, 0.15) is 0 Å². The molecule has 1 unspecified atom stereocenters. The fourth-order valence-corrected chi connectivity index (χ4v) is 2.73. The number of amides is 1. The number of carbonyl (C=O) groups excluding carboxylic acids is 1. The number of carbonyl (C=O) groups is 1. The van der Waals surface area contributed by atoms with Crippen molar-refractivity contribution in [3.63, 3.8) is 0 Å². The van der Waals surface area contributed by atoms with E-state index in [9.17, 15) is 4.79 Å². The Morgan fingerprint density at radius 3 is 2.92 bits per heavy atom. The Hall–Kier alpha value is -2.08. The van der Waals surface area contributed by atoms with Gasteiger partial charge in [0.2, 0.25) is 0 Å². The largest absolute Gasteiger partial charge is 0.376 e. The molecule has 0 aromatic heterocycles. The fraction of sp³-hybridized carbons (Fsp3) is 0.579. The van der Waals surface area contributed by atoms with Gasteiger partial charge in [0, 0.05) is 38.9 Å². The van der Waals surface area contributed by atoms with Gasteiger partial charge in [-0.15, -0.1) is 0 Å². The molecule has 0 aliphatic carbocycles. The summed E-state index contributed by atoms with van der Waals surface area (Å²) >= 11 is 0. The summed E-state index contributed by atoms with van der Waals surface area (Å²) in [5.74, 6) is 0.726. The van der Waals surface area contributed by atoms with Crippen molar-refractivity contribution in [3.05, 3.63) is 35.4 Å². The lowest BCUT2D eigenvalue weighted by Crippen LogP contribution is -2.37. The van der Waals surface area contributed by atoms with Crippen LogP contribution in [0.4, 0.5) is 0 Å². The molecule has 6 heteroatoms. The molecule has 1 aromatic rings. The van der Waals surface area contributed by atoms with Crippen molar-refractivity contribution in [2.45, 2.75) is 45.3 Å². The molecular formula is C19H30N4O2. The lowest BCUT2D eigenvalue weighted by atomic mass is 10.1. The molecule has 1 aromatic carbocycles. The maximum Gasteiger partial charge on any atom is 0.251 e. The second-order valence-corrected chi connectivity index (χ2v) is 6.25. The molecule has 3 N–H and O–H groups in total. The first kappa shape index (κ1) is 19.2. The van der Waals surface area contributed by atoms with Crippen LogP contribution >= 0.6 is 0 Å². The van der Waals surface area contributed by atoms with Crippen LogP contribution in [-0.2, 0) is 11.3 Å². The van der Waals surface area contributed by atoms with Crippen LogP contribution in [-0.4, -0.2) is 44.7 Å². The Bertz CT molecular complexity index is 568. The van der Waals surface area contributed by atoms with Gasteiger partial charge >= 0.3 is 0 Å². The average molecular weight is 346 g/mol. The SMILES string of the molecule is CCCCNC(=NC)NCc1cccc(C(=O)NCC2CCCO2)c1. The van der Waals surface area contributed by atoms with E-state index in [-0.39, 0.29) is 12.0 Å². The number of aliphatic imine (C=N–C) groups is 1. The van der Waals surface area contributed by atoms with E-state index >= 15 is 0 Å². The normalized spacial score (nSPS) is 17.4. The van der Waals surface area contributed by atoms with E-state index in [1.807, 2.05) is 24.3 Å². The molecule has 1 saturated heterocycles. The van der Waals surface area contributed by atoms with Crippen molar-refractivity contribution in [2.75, 3.05) is 26.7 Å². The number of hydrogen-bond acceptors (Lipinski definition) is 3. The smallest absolute Gasteiger partial charge is 0.251 e. The van der Waals surface area contributed by atoms with Crippen LogP contribution in [0.1, 0.15) is 48.5 Å². The number of ether oxygens (including phenoxy) is 1. The zero-order chi connectivity index (χ0) is 17.9. The van der Waals surface area contributed by atoms with E-state index in [4.69, 9.17) is 4.74 Å². The van der Waals surface area contributed by atoms with E-state index in [0.717, 1.165) is 50.4 Å². The monoisotopic (exact) mass is 346 g/mol. The highest BCUT2D eigenvalue weighted by molar-refractivity contribution is 5.94. The van der Waals surface area contributed by atoms with E-state index in [1.54, 1.807) is 7.05 Å². The van der Waals surface area contributed by atoms with Crippen LogP contribution in [0.25, 0.3) is 0 Å². The summed E-state index contributed by atoms with van der Waals surface area (Å²) in [6.07, 6.45) is 4.52. The van der Waals surface area contributed by atoms with Crippen LogP contribution in [0.3, 0.4) is 0 Å². The van der Waals surface area contributed by atoms with E-state index in [0.29, 0.717) is 18.7 Å². The summed E-state index contributed by atoms with van der Waals surface area (Å²) in [5.41, 5.74) is 1.72. The molecule has 1 atom stereocenters. The minimum absolute atomic E-state index is 0.0530. The third-order valence-corrected chi connectivity index (χ3v) is 4.21. The Balaban J connectivity index is 1.81. The maximum atomic E-state index is 12.3. The van der Waals surface area contributed by atoms with Gasteiger partial charge in [-0.2, -0.15) is 0 Å². The van der Waals surface area contributed by atoms with Crippen LogP contribution < -0.4 is 16.0 Å². The molecule has 1 aliphatic rings. The number of nitrogens with one attached hydrogen (secondary N) is 3. The van der Waals surface area contributed by atoms with Crippen LogP contribution in [0.2, 0.25) is 0 Å². The minimum atomic E-state index is -0.0530. The van der Waals surface area contributed by atoms with Gasteiger partial charge in [-0.25, -0.2) is 0 Å². The third-order valence-electron chi connectivity index (χ3n) is 4.21. The first-order valence-corrected chi connectivity index (χ1v) is 9.16. The second-order valence-electron chi connectivity index (χ2n) is 6.25. The highest BCUT2D eigenvalue weighted by Gasteiger charge is 2.16. The quantitative estimate of drug-likeness (QED) is 0.383. The van der Waals surface area contributed by atoms with Gasteiger partial charge in [-0.05, 0) is 37.0 Å². The summed E-state index contributed by atoms with van der Waals surface area (Å²) in [5, 5.41) is 9.51. The summed E-state index contributed by atoms with van der Waals surface area (Å²) in [6, 6.07) is 7.66. The molecular weight excluding hydrogens is 316 g/mol. The second kappa shape index (κ2) is 10.7. The molecule has 1 fully saturated rings. The van der Waals surface area contributed by atoms with Crippen LogP contribution in [0.15, 0.2) is 29.3 Å². The molecule has 0 spiro atoms. The predicted octanol–water partition coefficient (Wildman–Crippen LogP) is 2.06. The fourth-order valence-electron chi connectivity index (χ4n) is 2.73. The topological polar surface area (TPSA) is 74.8 Å². The molecule has 1 aliphatic heterocycles. The van der Waals surface area contributed by atoms with E-state index in [2.05, 4.69) is 27.9 Å². The van der Waals surface area contributed by atoms with Crippen molar-refractivity contribution in [3.8, 4) is 0 Å². The first-order valence-electron chi connectivity index (χ1n) is 9.16. The Morgan fingerprint density at radius 2 is 2.20 bits per heavy atom. The molecule has 2 rings (SSSR count). The summed E-state index contributed by atoms with van der Waals surface area (Å²) in [4.78, 5) is 16.5. The van der Waals surface area contributed by atoms with Gasteiger partial charge in [-0.3, -0.25) is 9.79 Å². The lowest BCUT2D eigenvalue weighted by molar-refractivity contribution is 0.0857. The highest BCUT2D eigenvalue weighted by atomic mass is 16.5. The van der Waals surface area contributed by atoms with Crippen LogP contribution in [0, 0.1) is 0 Å². The first-order chi connectivity index (χ1) is 12.2.